The van der Waals surface area contributed by atoms with Crippen molar-refractivity contribution in [2.75, 3.05) is 0 Å². The Morgan fingerprint density at radius 1 is 1.35 bits per heavy atom. The first-order valence-electron chi connectivity index (χ1n) is 6.95. The van der Waals surface area contributed by atoms with Crippen LogP contribution in [0.2, 0.25) is 0 Å². The first kappa shape index (κ1) is 14.5. The van der Waals surface area contributed by atoms with Crippen molar-refractivity contribution < 1.29 is 5.32 Å². The maximum atomic E-state index is 3.97. The predicted molar refractivity (Wildman–Crippen MR) is 75.4 cm³/mol. The molecule has 1 saturated carbocycles. The molecule has 0 heterocycles. The average molecular weight is 235 g/mol. The molecule has 0 atom stereocenters. The summed E-state index contributed by atoms with van der Waals surface area (Å²) < 4.78 is 0. The van der Waals surface area contributed by atoms with Crippen LogP contribution in [0.1, 0.15) is 53.4 Å². The van der Waals surface area contributed by atoms with Crippen LogP contribution in [0, 0.1) is 18.9 Å². The smallest absolute Gasteiger partial charge is 0.0695 e. The van der Waals surface area contributed by atoms with Gasteiger partial charge < -0.3 is 5.32 Å². The molecule has 0 aromatic carbocycles. The van der Waals surface area contributed by atoms with Crippen LogP contribution in [0.15, 0.2) is 23.8 Å². The van der Waals surface area contributed by atoms with Gasteiger partial charge >= 0.3 is 0 Å². The summed E-state index contributed by atoms with van der Waals surface area (Å²) in [4.78, 5) is 0. The number of hydrogen-bond donors (Lipinski definition) is 1. The zero-order valence-electron chi connectivity index (χ0n) is 12.0. The third-order valence-corrected chi connectivity index (χ3v) is 4.12. The highest BCUT2D eigenvalue weighted by Gasteiger charge is 2.31. The molecule has 0 unspecified atom stereocenters. The van der Waals surface area contributed by atoms with Crippen molar-refractivity contribution in [2.45, 2.75) is 58.9 Å². The first-order valence-corrected chi connectivity index (χ1v) is 6.95. The van der Waals surface area contributed by atoms with Crippen LogP contribution in [0.25, 0.3) is 0 Å². The van der Waals surface area contributed by atoms with Crippen molar-refractivity contribution in [1.29, 1.82) is 0 Å². The van der Waals surface area contributed by atoms with E-state index in [9.17, 15) is 0 Å². The molecule has 0 aromatic heterocycles. The molecule has 1 heteroatoms. The van der Waals surface area contributed by atoms with Crippen molar-refractivity contribution in [3.8, 4) is 0 Å². The van der Waals surface area contributed by atoms with Gasteiger partial charge in [-0.1, -0.05) is 37.6 Å². The standard InChI is InChI=1S/C16H29N/c1-13(2)7-6-8-14(3)15-9-11-16(4,17-5)12-10-15/h6-8,13,15H,5,9-12,17H2,1-4H3/b7-6+,14-8-. The molecule has 1 fully saturated rings. The molecule has 0 amide bonds. The highest BCUT2D eigenvalue weighted by molar-refractivity contribution is 5.14. The SMILES string of the molecule is [CH2-][NH2+]C1(C)CCC(/C(C)=C\C=C\C(C)C)CC1. The molecule has 0 radical (unpaired) electrons. The lowest BCUT2D eigenvalue weighted by molar-refractivity contribution is -0.676. The molecule has 0 spiro atoms. The molecule has 1 nitrogen and oxygen atoms in total. The Bertz CT molecular complexity index is 278. The zero-order valence-corrected chi connectivity index (χ0v) is 12.0. The Kier molecular flexibility index (Phi) is 5.45. The van der Waals surface area contributed by atoms with Crippen molar-refractivity contribution in [3.63, 3.8) is 0 Å². The molecule has 0 aromatic rings. The van der Waals surface area contributed by atoms with Gasteiger partial charge in [-0.2, -0.15) is 7.05 Å². The van der Waals surface area contributed by atoms with E-state index in [0.717, 1.165) is 5.92 Å². The quantitative estimate of drug-likeness (QED) is 0.568. The molecule has 1 aliphatic carbocycles. The Morgan fingerprint density at radius 3 is 2.41 bits per heavy atom. The Hall–Kier alpha value is -0.560. The van der Waals surface area contributed by atoms with E-state index < -0.39 is 0 Å². The molecule has 98 valence electrons. The Labute approximate surface area is 107 Å². The summed E-state index contributed by atoms with van der Waals surface area (Å²) in [7, 11) is 3.97. The molecule has 2 N–H and O–H groups in total. The van der Waals surface area contributed by atoms with E-state index in [4.69, 9.17) is 0 Å². The van der Waals surface area contributed by atoms with Gasteiger partial charge in [0.1, 0.15) is 0 Å². The van der Waals surface area contributed by atoms with Crippen molar-refractivity contribution >= 4 is 0 Å². The number of allylic oxidation sites excluding steroid dienone is 4. The molecule has 0 aliphatic heterocycles. The molecule has 1 aliphatic rings. The average Bonchev–Trinajstić information content (AvgIpc) is 2.29. The fourth-order valence-electron chi connectivity index (χ4n) is 2.50. The molecule has 0 bridgehead atoms. The second-order valence-electron chi connectivity index (χ2n) is 6.17. The third kappa shape index (κ3) is 4.67. The minimum Gasteiger partial charge on any atom is -0.474 e. The number of rotatable bonds is 4. The van der Waals surface area contributed by atoms with E-state index in [1.54, 1.807) is 5.57 Å². The largest absolute Gasteiger partial charge is 0.474 e. The molecule has 1 rings (SSSR count). The normalized spacial score (nSPS) is 31.4. The lowest BCUT2D eigenvalue weighted by Gasteiger charge is -2.37. The van der Waals surface area contributed by atoms with Gasteiger partial charge in [0.05, 0.1) is 5.54 Å². The zero-order chi connectivity index (χ0) is 12.9. The third-order valence-electron chi connectivity index (χ3n) is 4.12. The predicted octanol–water partition coefficient (Wildman–Crippen LogP) is 3.45. The summed E-state index contributed by atoms with van der Waals surface area (Å²) in [6.07, 6.45) is 12.0. The maximum Gasteiger partial charge on any atom is 0.0695 e. The summed E-state index contributed by atoms with van der Waals surface area (Å²) in [6.45, 7) is 9.06. The minimum absolute atomic E-state index is 0.393. The van der Waals surface area contributed by atoms with Crippen molar-refractivity contribution in [1.82, 2.24) is 0 Å². The van der Waals surface area contributed by atoms with Gasteiger partial charge in [-0.05, 0) is 38.5 Å². The van der Waals surface area contributed by atoms with Crippen LogP contribution in [-0.2, 0) is 0 Å². The van der Waals surface area contributed by atoms with Crippen LogP contribution in [-0.4, -0.2) is 5.54 Å². The highest BCUT2D eigenvalue weighted by atomic mass is 14.9. The lowest BCUT2D eigenvalue weighted by atomic mass is 9.75. The van der Waals surface area contributed by atoms with Crippen LogP contribution in [0.3, 0.4) is 0 Å². The number of hydrogen-bond acceptors (Lipinski definition) is 0. The fraction of sp³-hybridized carbons (Fsp3) is 0.688. The minimum atomic E-state index is 0.393. The van der Waals surface area contributed by atoms with E-state index in [0.29, 0.717) is 11.5 Å². The first-order chi connectivity index (χ1) is 7.97. The van der Waals surface area contributed by atoms with E-state index in [2.05, 4.69) is 58.3 Å². The van der Waals surface area contributed by atoms with Crippen LogP contribution in [0.4, 0.5) is 0 Å². The van der Waals surface area contributed by atoms with Crippen molar-refractivity contribution in [3.05, 3.63) is 30.8 Å². The van der Waals surface area contributed by atoms with Gasteiger partial charge in [-0.25, -0.2) is 0 Å². The molecular formula is C16H29N. The fourth-order valence-corrected chi connectivity index (χ4v) is 2.50. The molecular weight excluding hydrogens is 206 g/mol. The van der Waals surface area contributed by atoms with Gasteiger partial charge in [-0.3, -0.25) is 0 Å². The summed E-state index contributed by atoms with van der Waals surface area (Å²) in [5.41, 5.74) is 1.94. The summed E-state index contributed by atoms with van der Waals surface area (Å²) in [6, 6.07) is 0. The van der Waals surface area contributed by atoms with Gasteiger partial charge in [0.2, 0.25) is 0 Å². The second-order valence-corrected chi connectivity index (χ2v) is 6.17. The van der Waals surface area contributed by atoms with E-state index in [1.165, 1.54) is 25.7 Å². The highest BCUT2D eigenvalue weighted by Crippen LogP contribution is 2.33. The van der Waals surface area contributed by atoms with E-state index in [1.807, 2.05) is 0 Å². The van der Waals surface area contributed by atoms with Crippen molar-refractivity contribution in [2.24, 2.45) is 11.8 Å². The maximum absolute atomic E-state index is 3.97. The van der Waals surface area contributed by atoms with Gasteiger partial charge in [0, 0.05) is 12.8 Å². The Morgan fingerprint density at radius 2 is 1.94 bits per heavy atom. The van der Waals surface area contributed by atoms with Crippen LogP contribution < -0.4 is 5.32 Å². The summed E-state index contributed by atoms with van der Waals surface area (Å²) in [5, 5.41) is 2.15. The van der Waals surface area contributed by atoms with E-state index in [-0.39, 0.29) is 0 Å². The summed E-state index contributed by atoms with van der Waals surface area (Å²) >= 11 is 0. The van der Waals surface area contributed by atoms with Gasteiger partial charge in [-0.15, -0.1) is 0 Å². The number of quaternary nitrogens is 1. The van der Waals surface area contributed by atoms with Gasteiger partial charge in [0.25, 0.3) is 0 Å². The van der Waals surface area contributed by atoms with Gasteiger partial charge in [0.15, 0.2) is 0 Å². The monoisotopic (exact) mass is 235 g/mol. The number of nitrogens with two attached hydrogens (primary N) is 1. The van der Waals surface area contributed by atoms with Crippen LogP contribution in [0.5, 0.6) is 0 Å². The topological polar surface area (TPSA) is 16.6 Å². The Balaban J connectivity index is 2.48. The molecule has 0 saturated heterocycles. The summed E-state index contributed by atoms with van der Waals surface area (Å²) in [5.74, 6) is 1.44. The molecule has 17 heavy (non-hydrogen) atoms. The van der Waals surface area contributed by atoms with E-state index >= 15 is 0 Å². The van der Waals surface area contributed by atoms with Crippen LogP contribution >= 0.6 is 0 Å². The second kappa shape index (κ2) is 6.39. The lowest BCUT2D eigenvalue weighted by Crippen LogP contribution is -2.91.